The number of nitro groups is 1. The van der Waals surface area contributed by atoms with Gasteiger partial charge in [-0.1, -0.05) is 6.92 Å². The average molecular weight is 347 g/mol. The van der Waals surface area contributed by atoms with Crippen molar-refractivity contribution in [2.24, 2.45) is 5.41 Å². The fourth-order valence-corrected chi connectivity index (χ4v) is 4.12. The molecule has 0 saturated carbocycles. The van der Waals surface area contributed by atoms with Gasteiger partial charge in [-0.05, 0) is 45.9 Å². The van der Waals surface area contributed by atoms with E-state index in [1.807, 2.05) is 25.1 Å². The van der Waals surface area contributed by atoms with Crippen LogP contribution in [-0.2, 0) is 10.2 Å². The number of likely N-dealkylation sites (tertiary alicyclic amines) is 1. The Morgan fingerprint density at radius 3 is 2.56 bits per heavy atom. The second-order valence-corrected chi connectivity index (χ2v) is 8.37. The van der Waals surface area contributed by atoms with Gasteiger partial charge in [0.15, 0.2) is 0 Å². The molecule has 0 radical (unpaired) electrons. The fourth-order valence-electron chi connectivity index (χ4n) is 4.12. The Balaban J connectivity index is 2.13. The van der Waals surface area contributed by atoms with Crippen molar-refractivity contribution < 1.29 is 14.5 Å². The Hall–Kier alpha value is -2.15. The minimum absolute atomic E-state index is 0.0132. The molecule has 0 aromatic heterocycles. The van der Waals surface area contributed by atoms with E-state index in [4.69, 9.17) is 4.74 Å². The van der Waals surface area contributed by atoms with E-state index in [2.05, 4.69) is 11.8 Å². The summed E-state index contributed by atoms with van der Waals surface area (Å²) >= 11 is 0. The third-order valence-corrected chi connectivity index (χ3v) is 5.39. The van der Waals surface area contributed by atoms with Crippen molar-refractivity contribution >= 4 is 17.3 Å². The molecule has 2 aliphatic heterocycles. The molecule has 2 heterocycles. The summed E-state index contributed by atoms with van der Waals surface area (Å²) in [4.78, 5) is 27.7. The van der Waals surface area contributed by atoms with Gasteiger partial charge in [-0.2, -0.15) is 0 Å². The lowest BCUT2D eigenvalue weighted by molar-refractivity contribution is -0.384. The molecule has 0 aliphatic carbocycles. The van der Waals surface area contributed by atoms with E-state index in [0.717, 1.165) is 18.5 Å². The number of esters is 1. The molecule has 3 rings (SSSR count). The molecule has 25 heavy (non-hydrogen) atoms. The number of likely N-dealkylation sites (N-methyl/N-ethyl adjacent to an activating group) is 2. The zero-order chi connectivity index (χ0) is 18.7. The zero-order valence-electron chi connectivity index (χ0n) is 15.6. The zero-order valence-corrected chi connectivity index (χ0v) is 15.6. The molecule has 7 nitrogen and oxygen atoms in total. The van der Waals surface area contributed by atoms with Gasteiger partial charge in [-0.25, -0.2) is 0 Å². The minimum Gasteiger partial charge on any atom is -0.426 e. The lowest BCUT2D eigenvalue weighted by Crippen LogP contribution is -2.45. The first-order valence-electron chi connectivity index (χ1n) is 8.45. The maximum Gasteiger partial charge on any atom is 0.316 e. The molecule has 0 bridgehead atoms. The molecule has 0 N–H and O–H groups in total. The van der Waals surface area contributed by atoms with E-state index in [-0.39, 0.29) is 23.0 Å². The molecule has 0 spiro atoms. The first-order valence-corrected chi connectivity index (χ1v) is 8.45. The molecule has 1 aromatic carbocycles. The number of nitrogens with zero attached hydrogens (tertiary/aromatic N) is 3. The normalized spacial score (nSPS) is 25.7. The number of rotatable bonds is 2. The van der Waals surface area contributed by atoms with Crippen LogP contribution in [0, 0.1) is 15.5 Å². The van der Waals surface area contributed by atoms with Gasteiger partial charge in [0.05, 0.1) is 22.6 Å². The van der Waals surface area contributed by atoms with E-state index < -0.39 is 16.3 Å². The van der Waals surface area contributed by atoms with Crippen LogP contribution in [0.25, 0.3) is 0 Å². The fraction of sp³-hybridized carbons (Fsp3) is 0.611. The average Bonchev–Trinajstić information content (AvgIpc) is 2.91. The highest BCUT2D eigenvalue weighted by Gasteiger charge is 2.54. The monoisotopic (exact) mass is 347 g/mol. The standard InChI is InChI=1S/C18H25N3O4/c1-17(2,3)16(22)25-11-9-12-14(13(10-11)21(23)24)20(6)15-18(12,4)7-8-19(15)5/h9-10,15H,7-8H2,1-6H3/t15-,18+/m1/s1. The van der Waals surface area contributed by atoms with Crippen LogP contribution in [0.2, 0.25) is 0 Å². The van der Waals surface area contributed by atoms with Gasteiger partial charge in [-0.3, -0.25) is 19.8 Å². The molecular weight excluding hydrogens is 322 g/mol. The topological polar surface area (TPSA) is 75.9 Å². The predicted octanol–water partition coefficient (Wildman–Crippen LogP) is 2.92. The van der Waals surface area contributed by atoms with E-state index in [9.17, 15) is 14.9 Å². The smallest absolute Gasteiger partial charge is 0.316 e. The Morgan fingerprint density at radius 2 is 2.00 bits per heavy atom. The largest absolute Gasteiger partial charge is 0.426 e. The van der Waals surface area contributed by atoms with Gasteiger partial charge in [-0.15, -0.1) is 0 Å². The van der Waals surface area contributed by atoms with Gasteiger partial charge in [0.2, 0.25) is 0 Å². The third kappa shape index (κ3) is 2.57. The molecule has 0 unspecified atom stereocenters. The first-order chi connectivity index (χ1) is 11.5. The maximum absolute atomic E-state index is 12.2. The first kappa shape index (κ1) is 17.7. The summed E-state index contributed by atoms with van der Waals surface area (Å²) in [5, 5.41) is 11.7. The maximum atomic E-state index is 12.2. The van der Waals surface area contributed by atoms with Gasteiger partial charge >= 0.3 is 5.97 Å². The molecule has 1 fully saturated rings. The number of anilines is 1. The predicted molar refractivity (Wildman–Crippen MR) is 95.0 cm³/mol. The van der Waals surface area contributed by atoms with Gasteiger partial charge in [0.25, 0.3) is 5.69 Å². The number of carbonyl (C=O) groups excluding carboxylic acids is 1. The third-order valence-electron chi connectivity index (χ3n) is 5.39. The van der Waals surface area contributed by atoms with Gasteiger partial charge in [0.1, 0.15) is 11.4 Å². The lowest BCUT2D eigenvalue weighted by Gasteiger charge is -2.32. The van der Waals surface area contributed by atoms with Crippen molar-refractivity contribution in [1.82, 2.24) is 4.90 Å². The summed E-state index contributed by atoms with van der Waals surface area (Å²) in [6, 6.07) is 3.17. The van der Waals surface area contributed by atoms with E-state index >= 15 is 0 Å². The minimum atomic E-state index is -0.676. The summed E-state index contributed by atoms with van der Waals surface area (Å²) in [6.45, 7) is 8.32. The van der Waals surface area contributed by atoms with Crippen molar-refractivity contribution in [3.05, 3.63) is 27.8 Å². The van der Waals surface area contributed by atoms with Crippen molar-refractivity contribution in [1.29, 1.82) is 0 Å². The van der Waals surface area contributed by atoms with Crippen molar-refractivity contribution in [2.45, 2.75) is 45.7 Å². The number of fused-ring (bicyclic) bond motifs is 3. The number of benzene rings is 1. The Labute approximate surface area is 147 Å². The number of nitro benzene ring substituents is 1. The quantitative estimate of drug-likeness (QED) is 0.354. The molecule has 2 atom stereocenters. The van der Waals surface area contributed by atoms with Crippen LogP contribution in [0.15, 0.2) is 12.1 Å². The molecular formula is C18H25N3O4. The highest BCUT2D eigenvalue weighted by atomic mass is 16.6. The second kappa shape index (κ2) is 5.42. The van der Waals surface area contributed by atoms with Crippen molar-refractivity contribution in [2.75, 3.05) is 25.5 Å². The van der Waals surface area contributed by atoms with E-state index in [0.29, 0.717) is 5.69 Å². The van der Waals surface area contributed by atoms with Crippen LogP contribution >= 0.6 is 0 Å². The molecule has 0 amide bonds. The van der Waals surface area contributed by atoms with Gasteiger partial charge < -0.3 is 9.64 Å². The van der Waals surface area contributed by atoms with Crippen LogP contribution in [0.4, 0.5) is 11.4 Å². The number of hydrogen-bond donors (Lipinski definition) is 0. The van der Waals surface area contributed by atoms with Crippen LogP contribution in [0.5, 0.6) is 5.75 Å². The molecule has 7 heteroatoms. The number of ether oxygens (including phenoxy) is 1. The molecule has 1 aromatic rings. The summed E-state index contributed by atoms with van der Waals surface area (Å²) in [7, 11) is 3.93. The van der Waals surface area contributed by atoms with Crippen LogP contribution in [-0.4, -0.2) is 42.6 Å². The lowest BCUT2D eigenvalue weighted by atomic mass is 9.81. The highest BCUT2D eigenvalue weighted by Crippen LogP contribution is 2.55. The SMILES string of the molecule is CN1CC[C@@]2(C)c3cc(OC(=O)C(C)(C)C)cc([N+](=O)[O-])c3N(C)[C@@H]12. The number of hydrogen-bond acceptors (Lipinski definition) is 6. The highest BCUT2D eigenvalue weighted by molar-refractivity contribution is 5.81. The van der Waals surface area contributed by atoms with E-state index in [1.54, 1.807) is 20.8 Å². The summed E-state index contributed by atoms with van der Waals surface area (Å²) in [6.07, 6.45) is 0.967. The Morgan fingerprint density at radius 1 is 1.36 bits per heavy atom. The van der Waals surface area contributed by atoms with Crippen LogP contribution in [0.3, 0.4) is 0 Å². The van der Waals surface area contributed by atoms with Crippen LogP contribution in [0.1, 0.15) is 39.7 Å². The van der Waals surface area contributed by atoms with Crippen molar-refractivity contribution in [3.63, 3.8) is 0 Å². The summed E-state index contributed by atoms with van der Waals surface area (Å²) < 4.78 is 5.47. The Kier molecular flexibility index (Phi) is 3.83. The van der Waals surface area contributed by atoms with Crippen molar-refractivity contribution in [3.8, 4) is 5.75 Å². The van der Waals surface area contributed by atoms with Gasteiger partial charge in [0, 0.05) is 19.0 Å². The van der Waals surface area contributed by atoms with Crippen LogP contribution < -0.4 is 9.64 Å². The molecule has 2 aliphatic rings. The molecule has 1 saturated heterocycles. The Bertz CT molecular complexity index is 755. The number of carbonyl (C=O) groups is 1. The van der Waals surface area contributed by atoms with E-state index in [1.165, 1.54) is 6.07 Å². The summed E-state index contributed by atoms with van der Waals surface area (Å²) in [5.41, 5.74) is 0.592. The molecule has 136 valence electrons. The summed E-state index contributed by atoms with van der Waals surface area (Å²) in [5.74, 6) is -0.159. The second-order valence-electron chi connectivity index (χ2n) is 8.37.